The molecule has 140 valence electrons. The van der Waals surface area contributed by atoms with Gasteiger partial charge in [-0.25, -0.2) is 9.18 Å². The number of amides is 1. The third-order valence-corrected chi connectivity index (χ3v) is 5.81. The van der Waals surface area contributed by atoms with Crippen molar-refractivity contribution in [3.63, 3.8) is 0 Å². The average Bonchev–Trinajstić information content (AvgIpc) is 3.00. The average molecular weight is 387 g/mol. The summed E-state index contributed by atoms with van der Waals surface area (Å²) < 4.78 is 23.6. The number of carbonyl (C=O) groups is 2. The Labute approximate surface area is 160 Å². The molecule has 0 spiro atoms. The van der Waals surface area contributed by atoms with E-state index in [1.807, 2.05) is 6.92 Å². The molecule has 0 radical (unpaired) electrons. The number of halogens is 1. The van der Waals surface area contributed by atoms with Crippen LogP contribution >= 0.6 is 11.8 Å². The van der Waals surface area contributed by atoms with Gasteiger partial charge in [0.05, 0.1) is 24.5 Å². The molecule has 1 atom stereocenters. The van der Waals surface area contributed by atoms with Gasteiger partial charge in [0.25, 0.3) is 0 Å². The molecule has 2 heterocycles. The molecule has 0 aliphatic carbocycles. The van der Waals surface area contributed by atoms with Crippen LogP contribution in [0.15, 0.2) is 42.5 Å². The van der Waals surface area contributed by atoms with Crippen molar-refractivity contribution in [1.29, 1.82) is 0 Å². The second-order valence-corrected chi connectivity index (χ2v) is 7.61. The van der Waals surface area contributed by atoms with Crippen LogP contribution in [-0.2, 0) is 14.3 Å². The second-order valence-electron chi connectivity index (χ2n) is 6.54. The number of thioether (sulfide) groups is 1. The Balaban J connectivity index is 1.59. The number of hydrogen-bond acceptors (Lipinski definition) is 5. The lowest BCUT2D eigenvalue weighted by Gasteiger charge is -2.27. The van der Waals surface area contributed by atoms with Crippen LogP contribution in [0.5, 0.6) is 0 Å². The Morgan fingerprint density at radius 2 is 1.96 bits per heavy atom. The van der Waals surface area contributed by atoms with Crippen LogP contribution in [0.25, 0.3) is 0 Å². The van der Waals surface area contributed by atoms with Gasteiger partial charge in [0.2, 0.25) is 5.91 Å². The van der Waals surface area contributed by atoms with Gasteiger partial charge in [-0.1, -0.05) is 12.1 Å². The summed E-state index contributed by atoms with van der Waals surface area (Å²) >= 11 is 1.50. The summed E-state index contributed by atoms with van der Waals surface area (Å²) in [5, 5.41) is -0.221. The second kappa shape index (κ2) is 7.32. The summed E-state index contributed by atoms with van der Waals surface area (Å²) in [5.41, 5.74) is 2.85. The summed E-state index contributed by atoms with van der Waals surface area (Å²) in [6.45, 7) is 2.72. The molecule has 1 unspecified atom stereocenters. The number of ether oxygens (including phenoxy) is 2. The molecule has 2 saturated heterocycles. The van der Waals surface area contributed by atoms with E-state index < -0.39 is 5.97 Å². The Morgan fingerprint density at radius 1 is 1.22 bits per heavy atom. The standard InChI is InChI=1S/C20H18FNO4S/c1-12-8-14(20(24)26-16-9-25-10-16)4-7-17(12)22-18(23)11-27-19(22)13-2-5-15(21)6-3-13/h2-8,16,19H,9-11H2,1H3. The summed E-state index contributed by atoms with van der Waals surface area (Å²) in [6, 6.07) is 11.3. The van der Waals surface area contributed by atoms with Crippen molar-refractivity contribution in [2.75, 3.05) is 23.9 Å². The lowest BCUT2D eigenvalue weighted by Crippen LogP contribution is -2.37. The van der Waals surface area contributed by atoms with Crippen molar-refractivity contribution < 1.29 is 23.5 Å². The van der Waals surface area contributed by atoms with Crippen LogP contribution in [0, 0.1) is 12.7 Å². The van der Waals surface area contributed by atoms with Crippen LogP contribution < -0.4 is 4.90 Å². The minimum Gasteiger partial charge on any atom is -0.454 e. The van der Waals surface area contributed by atoms with Crippen LogP contribution in [0.1, 0.15) is 26.9 Å². The SMILES string of the molecule is Cc1cc(C(=O)OC2COC2)ccc1N1C(=O)CSC1c1ccc(F)cc1. The number of esters is 1. The smallest absolute Gasteiger partial charge is 0.338 e. The highest BCUT2D eigenvalue weighted by atomic mass is 32.2. The number of hydrogen-bond donors (Lipinski definition) is 0. The highest BCUT2D eigenvalue weighted by molar-refractivity contribution is 8.00. The fraction of sp³-hybridized carbons (Fsp3) is 0.300. The molecule has 4 rings (SSSR count). The van der Waals surface area contributed by atoms with E-state index in [1.165, 1.54) is 23.9 Å². The van der Waals surface area contributed by atoms with Crippen LogP contribution in [-0.4, -0.2) is 36.9 Å². The molecule has 2 fully saturated rings. The van der Waals surface area contributed by atoms with E-state index in [0.29, 0.717) is 24.5 Å². The van der Waals surface area contributed by atoms with E-state index in [0.717, 1.165) is 16.8 Å². The Bertz CT molecular complexity index is 882. The molecule has 5 nitrogen and oxygen atoms in total. The lowest BCUT2D eigenvalue weighted by molar-refractivity contribution is -0.115. The van der Waals surface area contributed by atoms with Gasteiger partial charge in [0, 0.05) is 5.69 Å². The van der Waals surface area contributed by atoms with Crippen molar-refractivity contribution in [2.24, 2.45) is 0 Å². The molecule has 0 bridgehead atoms. The number of nitrogens with zero attached hydrogens (tertiary/aromatic N) is 1. The molecular weight excluding hydrogens is 369 g/mol. The minimum atomic E-state index is -0.393. The number of anilines is 1. The highest BCUT2D eigenvalue weighted by Gasteiger charge is 2.35. The van der Waals surface area contributed by atoms with E-state index in [9.17, 15) is 14.0 Å². The summed E-state index contributed by atoms with van der Waals surface area (Å²) in [5.74, 6) is -0.363. The molecule has 0 N–H and O–H groups in total. The summed E-state index contributed by atoms with van der Waals surface area (Å²) in [7, 11) is 0. The molecule has 2 aliphatic heterocycles. The van der Waals surface area contributed by atoms with Gasteiger partial charge in [-0.3, -0.25) is 9.69 Å². The first-order valence-electron chi connectivity index (χ1n) is 8.61. The predicted octanol–water partition coefficient (Wildman–Crippen LogP) is 3.47. The van der Waals surface area contributed by atoms with E-state index in [2.05, 4.69) is 0 Å². The van der Waals surface area contributed by atoms with E-state index in [-0.39, 0.29) is 23.2 Å². The Kier molecular flexibility index (Phi) is 4.88. The molecule has 2 aromatic rings. The zero-order valence-electron chi connectivity index (χ0n) is 14.7. The quantitative estimate of drug-likeness (QED) is 0.752. The van der Waals surface area contributed by atoms with Gasteiger partial charge in [-0.2, -0.15) is 0 Å². The van der Waals surface area contributed by atoms with Crippen molar-refractivity contribution >= 4 is 29.3 Å². The Morgan fingerprint density at radius 3 is 2.59 bits per heavy atom. The molecule has 27 heavy (non-hydrogen) atoms. The molecule has 0 saturated carbocycles. The fourth-order valence-corrected chi connectivity index (χ4v) is 4.28. The van der Waals surface area contributed by atoms with Gasteiger partial charge in [0.1, 0.15) is 17.3 Å². The summed E-state index contributed by atoms with van der Waals surface area (Å²) in [4.78, 5) is 26.4. The van der Waals surface area contributed by atoms with Crippen molar-refractivity contribution in [3.8, 4) is 0 Å². The van der Waals surface area contributed by atoms with Gasteiger partial charge < -0.3 is 9.47 Å². The first-order valence-corrected chi connectivity index (χ1v) is 9.66. The number of aryl methyl sites for hydroxylation is 1. The molecule has 7 heteroatoms. The normalized spacial score (nSPS) is 19.9. The maximum absolute atomic E-state index is 13.2. The number of carbonyl (C=O) groups excluding carboxylic acids is 2. The summed E-state index contributed by atoms with van der Waals surface area (Å²) in [6.07, 6.45) is -0.183. The van der Waals surface area contributed by atoms with Crippen LogP contribution in [0.4, 0.5) is 10.1 Å². The topological polar surface area (TPSA) is 55.8 Å². The van der Waals surface area contributed by atoms with Gasteiger partial charge in [-0.15, -0.1) is 11.8 Å². The van der Waals surface area contributed by atoms with E-state index in [4.69, 9.17) is 9.47 Å². The minimum absolute atomic E-state index is 0.0145. The zero-order valence-corrected chi connectivity index (χ0v) is 15.5. The third kappa shape index (κ3) is 3.57. The first-order chi connectivity index (χ1) is 13.0. The van der Waals surface area contributed by atoms with Crippen molar-refractivity contribution in [1.82, 2.24) is 0 Å². The van der Waals surface area contributed by atoms with Crippen molar-refractivity contribution in [3.05, 3.63) is 65.0 Å². The largest absolute Gasteiger partial charge is 0.454 e. The molecule has 0 aromatic heterocycles. The maximum atomic E-state index is 13.2. The van der Waals surface area contributed by atoms with Gasteiger partial charge in [0.15, 0.2) is 0 Å². The predicted molar refractivity (Wildman–Crippen MR) is 100 cm³/mol. The van der Waals surface area contributed by atoms with E-state index in [1.54, 1.807) is 35.2 Å². The van der Waals surface area contributed by atoms with Crippen LogP contribution in [0.3, 0.4) is 0 Å². The first kappa shape index (κ1) is 18.0. The van der Waals surface area contributed by atoms with Crippen LogP contribution in [0.2, 0.25) is 0 Å². The number of benzene rings is 2. The maximum Gasteiger partial charge on any atom is 0.338 e. The number of rotatable bonds is 4. The third-order valence-electron chi connectivity index (χ3n) is 4.60. The highest BCUT2D eigenvalue weighted by Crippen LogP contribution is 2.42. The fourth-order valence-electron chi connectivity index (χ4n) is 3.11. The molecular formula is C20H18FNO4S. The zero-order chi connectivity index (χ0) is 19.0. The van der Waals surface area contributed by atoms with Gasteiger partial charge >= 0.3 is 5.97 Å². The Hall–Kier alpha value is -2.38. The molecule has 2 aliphatic rings. The molecule has 1 amide bonds. The van der Waals surface area contributed by atoms with E-state index >= 15 is 0 Å². The lowest BCUT2D eigenvalue weighted by atomic mass is 10.1. The van der Waals surface area contributed by atoms with Gasteiger partial charge in [-0.05, 0) is 48.4 Å². The van der Waals surface area contributed by atoms with Crippen molar-refractivity contribution in [2.45, 2.75) is 18.4 Å². The molecule has 2 aromatic carbocycles. The monoisotopic (exact) mass is 387 g/mol.